The van der Waals surface area contributed by atoms with E-state index in [1.165, 1.54) is 0 Å². The number of carbonyl (C=O) groups excluding carboxylic acids is 3. The average molecular weight is 535 g/mol. The lowest BCUT2D eigenvalue weighted by molar-refractivity contribution is -0.145. The molecular weight excluding hydrogens is 484 g/mol. The van der Waals surface area contributed by atoms with Gasteiger partial charge in [-0.15, -0.1) is 0 Å². The molecule has 4 atom stereocenters. The minimum Gasteiger partial charge on any atom is -0.481 e. The SMILES string of the molecule is CC(=C[C@H](C(C)C)N(C)C(=O)[C@@H](NC(=O)C1CCCCN1C(C)C)C(C)C)C(=O)N1CCCC(C(=O)O)C1. The molecular formula is C29H50N4O5. The lowest BCUT2D eigenvalue weighted by Gasteiger charge is -2.39. The second-order valence-electron chi connectivity index (χ2n) is 12.0. The third kappa shape index (κ3) is 8.04. The molecule has 2 unspecified atom stereocenters. The molecule has 2 fully saturated rings. The lowest BCUT2D eigenvalue weighted by atomic mass is 9.95. The summed E-state index contributed by atoms with van der Waals surface area (Å²) in [5.74, 6) is -1.97. The molecule has 0 aliphatic carbocycles. The Kier molecular flexibility index (Phi) is 11.8. The highest BCUT2D eigenvalue weighted by Gasteiger charge is 2.36. The van der Waals surface area contributed by atoms with Gasteiger partial charge in [-0.1, -0.05) is 40.2 Å². The van der Waals surface area contributed by atoms with Crippen LogP contribution >= 0.6 is 0 Å². The van der Waals surface area contributed by atoms with Gasteiger partial charge < -0.3 is 20.2 Å². The van der Waals surface area contributed by atoms with Crippen LogP contribution in [0.1, 0.15) is 80.6 Å². The number of piperidine rings is 2. The van der Waals surface area contributed by atoms with Crippen LogP contribution in [-0.4, -0.2) is 94.3 Å². The molecule has 0 radical (unpaired) electrons. The molecule has 2 aliphatic rings. The summed E-state index contributed by atoms with van der Waals surface area (Å²) < 4.78 is 0. The number of nitrogens with one attached hydrogen (secondary N) is 1. The largest absolute Gasteiger partial charge is 0.481 e. The van der Waals surface area contributed by atoms with E-state index in [0.29, 0.717) is 25.0 Å². The molecule has 9 heteroatoms. The zero-order valence-corrected chi connectivity index (χ0v) is 24.7. The number of carbonyl (C=O) groups is 4. The standard InChI is InChI=1S/C29H50N4O5/c1-18(2)24(16-21(7)27(35)32-14-11-12-22(17-32)29(37)38)31(8)28(36)25(19(3)4)30-26(34)23-13-9-10-15-33(23)20(5)6/h16,18-20,22-25H,9-15,17H2,1-8H3,(H,30,34)(H,37,38)/t22?,23?,24-,25+/m1/s1. The maximum absolute atomic E-state index is 13.7. The molecule has 0 spiro atoms. The minimum atomic E-state index is -0.874. The number of likely N-dealkylation sites (tertiary alicyclic amines) is 2. The van der Waals surface area contributed by atoms with Crippen LogP contribution in [0.15, 0.2) is 11.6 Å². The maximum Gasteiger partial charge on any atom is 0.308 e. The number of carboxylic acid groups (broad SMARTS) is 1. The van der Waals surface area contributed by atoms with E-state index < -0.39 is 17.9 Å². The Hall–Kier alpha value is -2.42. The topological polar surface area (TPSA) is 110 Å². The number of hydrogen-bond donors (Lipinski definition) is 2. The first-order chi connectivity index (χ1) is 17.8. The Bertz CT molecular complexity index is 884. The van der Waals surface area contributed by atoms with Gasteiger partial charge in [0.1, 0.15) is 6.04 Å². The Labute approximate surface area is 229 Å². The molecule has 0 aromatic rings. The summed E-state index contributed by atoms with van der Waals surface area (Å²) in [5, 5.41) is 12.4. The average Bonchev–Trinajstić information content (AvgIpc) is 2.88. The second kappa shape index (κ2) is 14.1. The third-order valence-corrected chi connectivity index (χ3v) is 8.03. The van der Waals surface area contributed by atoms with Crippen molar-refractivity contribution >= 4 is 23.7 Å². The highest BCUT2D eigenvalue weighted by atomic mass is 16.4. The van der Waals surface area contributed by atoms with Crippen molar-refractivity contribution in [3.63, 3.8) is 0 Å². The van der Waals surface area contributed by atoms with Gasteiger partial charge in [0.15, 0.2) is 0 Å². The smallest absolute Gasteiger partial charge is 0.308 e. The summed E-state index contributed by atoms with van der Waals surface area (Å²) in [5.41, 5.74) is 0.495. The normalized spacial score (nSPS) is 22.9. The van der Waals surface area contributed by atoms with Crippen LogP contribution in [0.5, 0.6) is 0 Å². The van der Waals surface area contributed by atoms with Crippen molar-refractivity contribution in [1.82, 2.24) is 20.0 Å². The van der Waals surface area contributed by atoms with E-state index >= 15 is 0 Å². The summed E-state index contributed by atoms with van der Waals surface area (Å²) in [6.07, 6.45) is 5.91. The van der Waals surface area contributed by atoms with Gasteiger partial charge in [-0.25, -0.2) is 0 Å². The summed E-state index contributed by atoms with van der Waals surface area (Å²) in [7, 11) is 1.73. The number of hydrogen-bond acceptors (Lipinski definition) is 5. The van der Waals surface area contributed by atoms with Crippen molar-refractivity contribution in [3.05, 3.63) is 11.6 Å². The molecule has 2 heterocycles. The van der Waals surface area contributed by atoms with Crippen molar-refractivity contribution in [3.8, 4) is 0 Å². The van der Waals surface area contributed by atoms with Gasteiger partial charge in [-0.05, 0) is 64.8 Å². The summed E-state index contributed by atoms with van der Waals surface area (Å²) in [4.78, 5) is 57.2. The zero-order valence-electron chi connectivity index (χ0n) is 24.7. The molecule has 0 aromatic heterocycles. The van der Waals surface area contributed by atoms with E-state index in [2.05, 4.69) is 24.1 Å². The Morgan fingerprint density at radius 1 is 0.947 bits per heavy atom. The third-order valence-electron chi connectivity index (χ3n) is 8.03. The first-order valence-electron chi connectivity index (χ1n) is 14.3. The molecule has 2 N–H and O–H groups in total. The predicted octanol–water partition coefficient (Wildman–Crippen LogP) is 3.14. The molecule has 2 aliphatic heterocycles. The summed E-state index contributed by atoms with van der Waals surface area (Å²) in [6, 6.07) is -1.01. The van der Waals surface area contributed by atoms with Crippen LogP contribution in [0.2, 0.25) is 0 Å². The van der Waals surface area contributed by atoms with Gasteiger partial charge in [0.05, 0.1) is 18.0 Å². The quantitative estimate of drug-likeness (QED) is 0.417. The van der Waals surface area contributed by atoms with E-state index in [1.807, 2.05) is 33.8 Å². The number of likely N-dealkylation sites (N-methyl/N-ethyl adjacent to an activating group) is 1. The first kappa shape index (κ1) is 31.8. The van der Waals surface area contributed by atoms with Gasteiger partial charge in [0.25, 0.3) is 0 Å². The van der Waals surface area contributed by atoms with Crippen molar-refractivity contribution in [2.75, 3.05) is 26.7 Å². The fourth-order valence-corrected chi connectivity index (χ4v) is 5.67. The fraction of sp³-hybridized carbons (Fsp3) is 0.793. The van der Waals surface area contributed by atoms with Crippen LogP contribution in [-0.2, 0) is 19.2 Å². The van der Waals surface area contributed by atoms with Crippen molar-refractivity contribution in [2.24, 2.45) is 17.8 Å². The molecule has 216 valence electrons. The molecule has 2 rings (SSSR count). The Balaban J connectivity index is 2.19. The molecule has 9 nitrogen and oxygen atoms in total. The van der Waals surface area contributed by atoms with Gasteiger partial charge in [0.2, 0.25) is 17.7 Å². The predicted molar refractivity (Wildman–Crippen MR) is 148 cm³/mol. The molecule has 3 amide bonds. The molecule has 2 saturated heterocycles. The lowest BCUT2D eigenvalue weighted by Crippen LogP contribution is -2.58. The van der Waals surface area contributed by atoms with Crippen LogP contribution < -0.4 is 5.32 Å². The molecule has 0 bridgehead atoms. The summed E-state index contributed by atoms with van der Waals surface area (Å²) >= 11 is 0. The molecule has 0 aromatic carbocycles. The summed E-state index contributed by atoms with van der Waals surface area (Å²) in [6.45, 7) is 15.4. The van der Waals surface area contributed by atoms with E-state index in [0.717, 1.165) is 25.8 Å². The second-order valence-corrected chi connectivity index (χ2v) is 12.0. The van der Waals surface area contributed by atoms with Gasteiger partial charge in [0, 0.05) is 31.8 Å². The fourth-order valence-electron chi connectivity index (χ4n) is 5.67. The van der Waals surface area contributed by atoms with Crippen LogP contribution in [0, 0.1) is 17.8 Å². The molecule has 38 heavy (non-hydrogen) atoms. The zero-order chi connectivity index (χ0) is 28.7. The Morgan fingerprint density at radius 3 is 2.16 bits per heavy atom. The number of rotatable bonds is 10. The van der Waals surface area contributed by atoms with Crippen molar-refractivity contribution in [2.45, 2.75) is 105 Å². The number of carboxylic acids is 1. The van der Waals surface area contributed by atoms with E-state index in [4.69, 9.17) is 0 Å². The van der Waals surface area contributed by atoms with Crippen LogP contribution in [0.25, 0.3) is 0 Å². The number of nitrogens with zero attached hydrogens (tertiary/aromatic N) is 3. The number of amides is 3. The van der Waals surface area contributed by atoms with E-state index in [1.54, 1.807) is 23.8 Å². The van der Waals surface area contributed by atoms with Crippen LogP contribution in [0.3, 0.4) is 0 Å². The maximum atomic E-state index is 13.7. The van der Waals surface area contributed by atoms with Gasteiger partial charge >= 0.3 is 5.97 Å². The highest BCUT2D eigenvalue weighted by Crippen LogP contribution is 2.23. The van der Waals surface area contributed by atoms with E-state index in [9.17, 15) is 24.3 Å². The monoisotopic (exact) mass is 534 g/mol. The van der Waals surface area contributed by atoms with Crippen LogP contribution in [0.4, 0.5) is 0 Å². The minimum absolute atomic E-state index is 0.0260. The van der Waals surface area contributed by atoms with E-state index in [-0.39, 0.29) is 54.2 Å². The first-order valence-corrected chi connectivity index (χ1v) is 14.3. The van der Waals surface area contributed by atoms with Crippen molar-refractivity contribution in [1.29, 1.82) is 0 Å². The van der Waals surface area contributed by atoms with Gasteiger partial charge in [-0.2, -0.15) is 0 Å². The van der Waals surface area contributed by atoms with Crippen molar-refractivity contribution < 1.29 is 24.3 Å². The Morgan fingerprint density at radius 2 is 1.61 bits per heavy atom. The highest BCUT2D eigenvalue weighted by molar-refractivity contribution is 5.94. The number of aliphatic carboxylic acids is 1. The van der Waals surface area contributed by atoms with Gasteiger partial charge in [-0.3, -0.25) is 24.1 Å². The molecule has 0 saturated carbocycles.